The third-order valence-electron chi connectivity index (χ3n) is 10.7. The summed E-state index contributed by atoms with van der Waals surface area (Å²) in [6.07, 6.45) is -10.9. The van der Waals surface area contributed by atoms with Crippen molar-refractivity contribution in [2.75, 3.05) is 61.8 Å². The Morgan fingerprint density at radius 1 is 0.581 bits per heavy atom. The van der Waals surface area contributed by atoms with Crippen molar-refractivity contribution in [1.29, 1.82) is 0 Å². The third-order valence-corrected chi connectivity index (χ3v) is 14.7. The maximum absolute atomic E-state index is 11.7. The lowest BCUT2D eigenvalue weighted by atomic mass is 10.1. The first-order valence-electron chi connectivity index (χ1n) is 20.7. The molecule has 3 aliphatic rings. The molecule has 3 aliphatic heterocycles. The molecule has 74 heavy (non-hydrogen) atoms. The molecule has 6 aromatic heterocycles. The number of hydrogen-bond acceptors (Lipinski definition) is 35. The molecule has 6 aromatic rings. The molecule has 3 fully saturated rings. The Morgan fingerprint density at radius 2 is 0.946 bits per heavy atom. The number of phosphoric acid groups is 3. The van der Waals surface area contributed by atoms with Crippen LogP contribution in [0, 0.1) is 0 Å². The molecule has 408 valence electrons. The number of nitrogens with two attached hydrogens (primary N) is 3. The number of imidazole rings is 3. The van der Waals surface area contributed by atoms with Gasteiger partial charge in [-0.1, -0.05) is 11.6 Å². The molecule has 5 unspecified atom stereocenters. The van der Waals surface area contributed by atoms with E-state index in [2.05, 4.69) is 68.6 Å². The molecule has 42 heteroatoms. The van der Waals surface area contributed by atoms with Crippen molar-refractivity contribution < 1.29 is 101 Å². The van der Waals surface area contributed by atoms with E-state index in [1.165, 1.54) is 32.7 Å². The van der Waals surface area contributed by atoms with E-state index in [0.717, 1.165) is 0 Å². The van der Waals surface area contributed by atoms with E-state index in [1.807, 2.05) is 0 Å². The largest absolute Gasteiger partial charge is 0.790 e. The van der Waals surface area contributed by atoms with E-state index in [1.54, 1.807) is 14.1 Å². The highest BCUT2D eigenvalue weighted by molar-refractivity contribution is 7.64. The van der Waals surface area contributed by atoms with E-state index in [0.29, 0.717) is 22.5 Å². The van der Waals surface area contributed by atoms with Crippen LogP contribution in [-0.2, 0) is 41.1 Å². The van der Waals surface area contributed by atoms with Crippen molar-refractivity contribution in [2.24, 2.45) is 0 Å². The Morgan fingerprint density at radius 3 is 1.32 bits per heavy atom. The molecular weight excluding hydrogens is 1090 g/mol. The average Bonchev–Trinajstić information content (AvgIpc) is 4.18. The van der Waals surface area contributed by atoms with Crippen LogP contribution in [0.1, 0.15) is 18.7 Å². The number of fused-ring (bicyclic) bond motifs is 3. The lowest BCUT2D eigenvalue weighted by molar-refractivity contribution is -0.339. The van der Waals surface area contributed by atoms with Gasteiger partial charge in [-0.3, -0.25) is 27.1 Å². The summed E-state index contributed by atoms with van der Waals surface area (Å²) >= 11 is 5.90. The van der Waals surface area contributed by atoms with Crippen molar-refractivity contribution in [2.45, 2.75) is 73.6 Å². The zero-order valence-corrected chi connectivity index (χ0v) is 40.9. The Hall–Kier alpha value is -5.09. The van der Waals surface area contributed by atoms with Crippen LogP contribution in [0.5, 0.6) is 0 Å². The normalized spacial score (nSPS) is 28.6. The first kappa shape index (κ1) is 56.6. The molecule has 0 amide bonds. The summed E-state index contributed by atoms with van der Waals surface area (Å²) in [5, 5.41) is 84.0. The molecule has 38 nitrogen and oxygen atoms in total. The zero-order valence-electron chi connectivity index (χ0n) is 37.5. The highest BCUT2D eigenvalue weighted by atomic mass is 35.5. The molecule has 14 atom stereocenters. The summed E-state index contributed by atoms with van der Waals surface area (Å²) in [6, 6.07) is 0. The fourth-order valence-electron chi connectivity index (χ4n) is 7.44. The highest BCUT2D eigenvalue weighted by Gasteiger charge is 2.47. The predicted molar refractivity (Wildman–Crippen MR) is 236 cm³/mol. The number of anilines is 5. The Balaban J connectivity index is 0.000000170. The van der Waals surface area contributed by atoms with Crippen molar-refractivity contribution in [3.8, 4) is 0 Å². The second-order valence-corrected chi connectivity index (χ2v) is 20.1. The monoisotopic (exact) mass is 1130 g/mol. The Bertz CT molecular complexity index is 3120. The summed E-state index contributed by atoms with van der Waals surface area (Å²) in [5.41, 5.74) is 18.5. The molecule has 0 aromatic carbocycles. The lowest BCUT2D eigenvalue weighted by Gasteiger charge is -2.37. The number of phosphoric ester groups is 1. The second-order valence-electron chi connectivity index (χ2n) is 15.5. The minimum Gasteiger partial charge on any atom is -0.790 e. The van der Waals surface area contributed by atoms with Gasteiger partial charge in [-0.15, -0.1) is 0 Å². The first-order valence-corrected chi connectivity index (χ1v) is 25.5. The first-order chi connectivity index (χ1) is 34.7. The number of ether oxygens (including phenoxy) is 3. The Labute approximate surface area is 416 Å². The van der Waals surface area contributed by atoms with Crippen LogP contribution in [0.3, 0.4) is 0 Å². The van der Waals surface area contributed by atoms with E-state index in [4.69, 9.17) is 53.2 Å². The molecule has 0 saturated carbocycles. The number of nitrogen functional groups attached to an aromatic ring is 3. The van der Waals surface area contributed by atoms with Crippen LogP contribution in [0.4, 0.5) is 29.5 Å². The van der Waals surface area contributed by atoms with Gasteiger partial charge in [-0.05, 0) is 0 Å². The molecule has 0 aliphatic carbocycles. The SMILES string of the molecule is CNc1nc(N)nc2c1ncn2[C@@H]1O[C@H](CO)C(O)[C@@H]1O.CNc1nc(N)nc2c1ncn2[C@@H]1O[C@H](COP(=O)([O-])OP(=O)([O-])OP(=O)([O-])[O-])[C@H](O)C1O.Nc1nc(Cl)c2ncn([C@@H]3O[C@H](CO)C(O)[C@@H]3O)c2n1. The number of nitrogens with one attached hydrogen (secondary N) is 2. The molecule has 16 N–H and O–H groups in total. The van der Waals surface area contributed by atoms with Crippen molar-refractivity contribution >= 4 is 98.0 Å². The van der Waals surface area contributed by atoms with Gasteiger partial charge in [0.25, 0.3) is 15.6 Å². The second kappa shape index (κ2) is 22.2. The molecular formula is C32H43ClN17O21P3-4. The number of nitrogens with zero attached hydrogens (tertiary/aromatic N) is 12. The number of aliphatic hydroxyl groups is 8. The van der Waals surface area contributed by atoms with Gasteiger partial charge in [0.1, 0.15) is 60.5 Å². The van der Waals surface area contributed by atoms with Crippen LogP contribution < -0.4 is 47.4 Å². The van der Waals surface area contributed by atoms with Crippen molar-refractivity contribution in [3.05, 3.63) is 24.1 Å². The topological polar surface area (TPSA) is 594 Å². The zero-order chi connectivity index (χ0) is 54.4. The molecule has 9 heterocycles. The molecule has 9 rings (SSSR count). The smallest absolute Gasteiger partial charge is 0.278 e. The van der Waals surface area contributed by atoms with Crippen molar-refractivity contribution in [3.63, 3.8) is 0 Å². The highest BCUT2D eigenvalue weighted by Crippen LogP contribution is 2.60. The van der Waals surface area contributed by atoms with E-state index >= 15 is 0 Å². The van der Waals surface area contributed by atoms with Crippen LogP contribution in [0.2, 0.25) is 5.15 Å². The standard InChI is InChI=1S/C11H19N6O13P3.C11H16N6O4.C10H12ClN5O4/c1-13-8-5-9(16-11(12)15-8)17(3-14-5)10-7(19)6(18)4(28-10)2-27-32(23,24)30-33(25,26)29-31(20,21)22;1-13-8-5-9(16-11(12)15-8)17(3-14-5)10-7(20)6(19)4(2-18)21-10;11-7-4-8(15-10(12)14-7)16(2-13-4)9-6(19)5(18)3(1-17)20-9/h3-4,6-7,10,18-19H,2H2,1H3,(H,23,24)(H,25,26)(H2,20,21,22)(H3,12,13,15,16);3-4,6-7,10,18-20H,2H2,1H3,(H3,12,13,15,16);2-3,5-6,9,17-19H,1H2,(H2,12,14,15)/p-4/t4-,6+,7?,10-;4-,6?,7+,10-;3-,5?,6+,9-/m111/s1. The van der Waals surface area contributed by atoms with Crippen LogP contribution in [0.15, 0.2) is 19.0 Å². The van der Waals surface area contributed by atoms with Crippen LogP contribution in [-0.4, -0.2) is 188 Å². The van der Waals surface area contributed by atoms with Gasteiger partial charge in [-0.25, -0.2) is 19.3 Å². The van der Waals surface area contributed by atoms with Gasteiger partial charge in [0.2, 0.25) is 17.8 Å². The van der Waals surface area contributed by atoms with E-state index in [9.17, 15) is 63.9 Å². The van der Waals surface area contributed by atoms with Crippen molar-refractivity contribution in [1.82, 2.24) is 58.6 Å². The molecule has 0 bridgehead atoms. The van der Waals surface area contributed by atoms with Gasteiger partial charge in [0.15, 0.2) is 63.4 Å². The van der Waals surface area contributed by atoms with Crippen LogP contribution in [0.25, 0.3) is 33.5 Å². The van der Waals surface area contributed by atoms with Gasteiger partial charge in [0.05, 0.1) is 46.6 Å². The summed E-state index contributed by atoms with van der Waals surface area (Å²) in [7, 11) is -14.9. The average molecular weight is 1130 g/mol. The summed E-state index contributed by atoms with van der Waals surface area (Å²) in [5.74, 6) is 0.536. The minimum absolute atomic E-state index is 0.0420. The van der Waals surface area contributed by atoms with E-state index < -0.39 is 117 Å². The summed E-state index contributed by atoms with van der Waals surface area (Å²) < 4.78 is 64.2. The van der Waals surface area contributed by atoms with E-state index in [-0.39, 0.29) is 45.6 Å². The molecule has 0 radical (unpaired) electrons. The number of aromatic nitrogens is 12. The predicted octanol–water partition coefficient (Wildman–Crippen LogP) is -7.38. The molecule has 0 spiro atoms. The van der Waals surface area contributed by atoms with Gasteiger partial charge in [0, 0.05) is 14.1 Å². The quantitative estimate of drug-likeness (QED) is 0.0356. The number of hydrogen-bond donors (Lipinski definition) is 13. The number of rotatable bonds is 14. The van der Waals surface area contributed by atoms with Gasteiger partial charge in [-0.2, -0.15) is 29.9 Å². The van der Waals surface area contributed by atoms with Gasteiger partial charge < -0.3 is 112 Å². The summed E-state index contributed by atoms with van der Waals surface area (Å²) in [6.45, 7) is -1.91. The van der Waals surface area contributed by atoms with Crippen LogP contribution >= 0.6 is 35.1 Å². The minimum atomic E-state index is -6.15. The maximum Gasteiger partial charge on any atom is 0.278 e. The third kappa shape index (κ3) is 12.0. The molecule has 3 saturated heterocycles. The fourth-order valence-corrected chi connectivity index (χ4v) is 10.5. The van der Waals surface area contributed by atoms with Gasteiger partial charge >= 0.3 is 0 Å². The summed E-state index contributed by atoms with van der Waals surface area (Å²) in [4.78, 5) is 79.6. The Kier molecular flexibility index (Phi) is 17.0. The lowest BCUT2D eigenvalue weighted by Crippen LogP contribution is -2.34. The fraction of sp³-hybridized carbons (Fsp3) is 0.531. The maximum atomic E-state index is 11.7. The number of halogens is 1. The number of aliphatic hydroxyl groups excluding tert-OH is 8.